The summed E-state index contributed by atoms with van der Waals surface area (Å²) in [5.74, 6) is -1.46. The van der Waals surface area contributed by atoms with Gasteiger partial charge in [-0.25, -0.2) is 26.4 Å². The standard InChI is InChI=1S/2C23H27NO5S2/c2*1-3-4-8-17-15-24(18-9-6-5-7-10-18)19-13-21(30-2)20(29-12-11-23(25)26)14-22(19)31(27,28)16-17/h2*5-7,9-14,17H,3-4,8,15-16H2,1-2H3,(H,25,26)/b2*12-11+/t2*17-/m10/s1. The average molecular weight is 923 g/mol. The van der Waals surface area contributed by atoms with Gasteiger partial charge in [0.2, 0.25) is 0 Å². The van der Waals surface area contributed by atoms with Gasteiger partial charge in [0.05, 0.1) is 67.1 Å². The lowest BCUT2D eigenvalue weighted by Gasteiger charge is -2.28. The Morgan fingerprint density at radius 3 is 1.34 bits per heavy atom. The number of hydrogen-bond acceptors (Lipinski definition) is 12. The molecule has 332 valence electrons. The minimum atomic E-state index is -3.56. The summed E-state index contributed by atoms with van der Waals surface area (Å²) in [5.41, 5.74) is 3.14. The van der Waals surface area contributed by atoms with Crippen molar-refractivity contribution in [1.82, 2.24) is 0 Å². The Bertz CT molecular complexity index is 2270. The molecule has 6 rings (SSSR count). The van der Waals surface area contributed by atoms with Gasteiger partial charge >= 0.3 is 11.9 Å². The van der Waals surface area contributed by atoms with E-state index in [1.807, 2.05) is 85.3 Å². The molecule has 2 aliphatic heterocycles. The van der Waals surface area contributed by atoms with Crippen molar-refractivity contribution in [2.45, 2.75) is 72.0 Å². The van der Waals surface area contributed by atoms with Gasteiger partial charge < -0.3 is 29.5 Å². The van der Waals surface area contributed by atoms with Gasteiger partial charge in [-0.1, -0.05) is 75.9 Å². The van der Waals surface area contributed by atoms with Crippen LogP contribution in [0.25, 0.3) is 0 Å². The van der Waals surface area contributed by atoms with Gasteiger partial charge in [-0.05, 0) is 73.6 Å². The largest absolute Gasteiger partial charge is 0.478 e. The molecule has 0 unspecified atom stereocenters. The van der Waals surface area contributed by atoms with Crippen molar-refractivity contribution in [2.24, 2.45) is 11.8 Å². The van der Waals surface area contributed by atoms with Crippen LogP contribution in [0, 0.1) is 11.8 Å². The van der Waals surface area contributed by atoms with Gasteiger partial charge in [-0.15, -0.1) is 23.5 Å². The Kier molecular flexibility index (Phi) is 17.4. The number of carboxylic acids is 2. The van der Waals surface area contributed by atoms with Gasteiger partial charge in [0.25, 0.3) is 0 Å². The Morgan fingerprint density at radius 2 is 1.02 bits per heavy atom. The molecule has 0 saturated heterocycles. The number of thioether (sulfide) groups is 2. The summed E-state index contributed by atoms with van der Waals surface area (Å²) < 4.78 is 64.5. The third-order valence-corrected chi connectivity index (χ3v) is 15.7. The fourth-order valence-corrected chi connectivity index (χ4v) is 12.2. The van der Waals surface area contributed by atoms with Crippen LogP contribution in [-0.4, -0.2) is 76.1 Å². The summed E-state index contributed by atoms with van der Waals surface area (Å²) in [7, 11) is -7.12. The molecule has 2 N–H and O–H groups in total. The molecular weight excluding hydrogens is 869 g/mol. The number of sulfone groups is 2. The molecule has 12 nitrogen and oxygen atoms in total. The zero-order valence-corrected chi connectivity index (χ0v) is 38.6. The molecule has 0 bridgehead atoms. The van der Waals surface area contributed by atoms with Crippen molar-refractivity contribution in [3.05, 3.63) is 110 Å². The SMILES string of the molecule is CCCC[C@@H]1CN(c2ccccc2)c2cc(SC)c(O/C=C/C(=O)O)cc2S(=O)(=O)C1.CCCC[C@H]1CN(c2ccccc2)c2cc(SC)c(O/C=C/C(=O)O)cc2S(=O)(=O)C1. The molecule has 4 aromatic carbocycles. The van der Waals surface area contributed by atoms with Crippen LogP contribution in [0.15, 0.2) is 129 Å². The van der Waals surface area contributed by atoms with Crippen LogP contribution in [0.4, 0.5) is 22.7 Å². The van der Waals surface area contributed by atoms with Gasteiger partial charge in [-0.3, -0.25) is 0 Å². The topological polar surface area (TPSA) is 168 Å². The number of anilines is 4. The first-order valence-corrected chi connectivity index (χ1v) is 26.1. The zero-order valence-electron chi connectivity index (χ0n) is 35.3. The summed E-state index contributed by atoms with van der Waals surface area (Å²) in [6.07, 6.45) is 13.3. The number of rotatable bonds is 16. The normalized spacial score (nSPS) is 17.9. The monoisotopic (exact) mass is 922 g/mol. The number of para-hydroxylation sites is 2. The van der Waals surface area contributed by atoms with Crippen LogP contribution < -0.4 is 19.3 Å². The maximum atomic E-state index is 13.4. The summed E-state index contributed by atoms with van der Waals surface area (Å²) in [5, 5.41) is 17.6. The Balaban J connectivity index is 0.000000234. The summed E-state index contributed by atoms with van der Waals surface area (Å²) in [4.78, 5) is 27.6. The number of carbonyl (C=O) groups is 2. The average Bonchev–Trinajstić information content (AvgIpc) is 3.43. The first-order valence-electron chi connectivity index (χ1n) is 20.4. The van der Waals surface area contributed by atoms with E-state index in [2.05, 4.69) is 23.6 Å². The molecule has 2 heterocycles. The van der Waals surface area contributed by atoms with E-state index in [4.69, 9.17) is 19.7 Å². The highest BCUT2D eigenvalue weighted by molar-refractivity contribution is 7.99. The second-order valence-electron chi connectivity index (χ2n) is 14.9. The summed E-state index contributed by atoms with van der Waals surface area (Å²) >= 11 is 2.84. The van der Waals surface area contributed by atoms with E-state index in [1.165, 1.54) is 35.7 Å². The second kappa shape index (κ2) is 22.5. The number of aliphatic carboxylic acids is 2. The van der Waals surface area contributed by atoms with Gasteiger partial charge in [-0.2, -0.15) is 0 Å². The van der Waals surface area contributed by atoms with Crippen LogP contribution in [0.1, 0.15) is 52.4 Å². The molecule has 0 aromatic heterocycles. The lowest BCUT2D eigenvalue weighted by molar-refractivity contribution is -0.132. The molecule has 62 heavy (non-hydrogen) atoms. The van der Waals surface area contributed by atoms with Crippen molar-refractivity contribution in [3.63, 3.8) is 0 Å². The first kappa shape index (κ1) is 48.1. The Morgan fingerprint density at radius 1 is 0.645 bits per heavy atom. The van der Waals surface area contributed by atoms with Crippen molar-refractivity contribution in [3.8, 4) is 11.5 Å². The van der Waals surface area contributed by atoms with Gasteiger partial charge in [0.15, 0.2) is 19.7 Å². The molecule has 0 fully saturated rings. The van der Waals surface area contributed by atoms with Crippen molar-refractivity contribution < 1.29 is 46.1 Å². The number of unbranched alkanes of at least 4 members (excludes halogenated alkanes) is 2. The quantitative estimate of drug-likeness (QED) is 0.0619. The number of hydrogen-bond donors (Lipinski definition) is 2. The number of ether oxygens (including phenoxy) is 2. The third kappa shape index (κ3) is 12.6. The summed E-state index contributed by atoms with van der Waals surface area (Å²) in [6, 6.07) is 26.3. The fourth-order valence-electron chi connectivity index (χ4n) is 7.47. The highest BCUT2D eigenvalue weighted by Gasteiger charge is 2.35. The molecule has 0 aliphatic carbocycles. The van der Waals surface area contributed by atoms with Crippen molar-refractivity contribution in [1.29, 1.82) is 0 Å². The maximum Gasteiger partial charge on any atom is 0.331 e. The number of nitrogens with zero attached hydrogens (tertiary/aromatic N) is 2. The molecule has 0 saturated carbocycles. The molecule has 16 heteroatoms. The minimum Gasteiger partial charge on any atom is -0.478 e. The fraction of sp³-hybridized carbons (Fsp3) is 0.348. The smallest absolute Gasteiger partial charge is 0.331 e. The van der Waals surface area contributed by atoms with E-state index in [0.717, 1.165) is 84.4 Å². The predicted octanol–water partition coefficient (Wildman–Crippen LogP) is 10.2. The molecule has 2 atom stereocenters. The molecule has 2 aliphatic rings. The lowest BCUT2D eigenvalue weighted by atomic mass is 10.0. The maximum absolute atomic E-state index is 13.4. The van der Waals surface area contributed by atoms with Crippen LogP contribution in [-0.2, 0) is 29.3 Å². The molecular formula is C46H54N2O10S4. The molecule has 0 amide bonds. The van der Waals surface area contributed by atoms with E-state index < -0.39 is 31.6 Å². The number of fused-ring (bicyclic) bond motifs is 2. The number of carboxylic acid groups (broad SMARTS) is 2. The van der Waals surface area contributed by atoms with Gasteiger partial charge in [0.1, 0.15) is 11.5 Å². The first-order chi connectivity index (χ1) is 29.7. The van der Waals surface area contributed by atoms with E-state index in [9.17, 15) is 26.4 Å². The molecule has 0 radical (unpaired) electrons. The van der Waals surface area contributed by atoms with Crippen LogP contribution in [0.3, 0.4) is 0 Å². The molecule has 0 spiro atoms. The highest BCUT2D eigenvalue weighted by atomic mass is 32.2. The van der Waals surface area contributed by atoms with E-state index in [0.29, 0.717) is 36.0 Å². The Labute approximate surface area is 373 Å². The van der Waals surface area contributed by atoms with E-state index in [1.54, 1.807) is 0 Å². The zero-order chi connectivity index (χ0) is 44.9. The summed E-state index contributed by atoms with van der Waals surface area (Å²) in [6.45, 7) is 5.44. The second-order valence-corrected chi connectivity index (χ2v) is 20.6. The van der Waals surface area contributed by atoms with Crippen LogP contribution in [0.2, 0.25) is 0 Å². The Hall–Kier alpha value is -4.90. The number of benzene rings is 4. The minimum absolute atomic E-state index is 0.00607. The highest BCUT2D eigenvalue weighted by Crippen LogP contribution is 2.45. The lowest BCUT2D eigenvalue weighted by Crippen LogP contribution is -2.26. The van der Waals surface area contributed by atoms with Crippen molar-refractivity contribution >= 4 is 77.9 Å². The van der Waals surface area contributed by atoms with Crippen molar-refractivity contribution in [2.75, 3.05) is 46.9 Å². The predicted molar refractivity (Wildman–Crippen MR) is 248 cm³/mol. The van der Waals surface area contributed by atoms with E-state index in [-0.39, 0.29) is 33.1 Å². The molecule has 4 aromatic rings. The van der Waals surface area contributed by atoms with Crippen LogP contribution in [0.5, 0.6) is 11.5 Å². The third-order valence-electron chi connectivity index (χ3n) is 10.4. The van der Waals surface area contributed by atoms with Crippen LogP contribution >= 0.6 is 23.5 Å². The van der Waals surface area contributed by atoms with E-state index >= 15 is 0 Å². The van der Waals surface area contributed by atoms with Gasteiger partial charge in [0, 0.05) is 36.6 Å².